The Bertz CT molecular complexity index is 583. The molecule has 1 aromatic heterocycles. The lowest BCUT2D eigenvalue weighted by Gasteiger charge is -2.17. The molecule has 1 heterocycles. The number of hydrogen-bond donors (Lipinski definition) is 1. The first kappa shape index (κ1) is 12.2. The minimum absolute atomic E-state index is 0.0720. The minimum atomic E-state index is -0.0720. The summed E-state index contributed by atoms with van der Waals surface area (Å²) < 4.78 is 5.30. The van der Waals surface area contributed by atoms with Gasteiger partial charge in [0.05, 0.1) is 0 Å². The molecule has 1 unspecified atom stereocenters. The highest BCUT2D eigenvalue weighted by Gasteiger charge is 2.28. The van der Waals surface area contributed by atoms with Crippen LogP contribution in [0.15, 0.2) is 28.8 Å². The third-order valence-electron chi connectivity index (χ3n) is 3.37. The fraction of sp³-hybridized carbons (Fsp3) is 0.467. The number of rotatable bonds is 2. The van der Waals surface area contributed by atoms with Crippen LogP contribution < -0.4 is 5.32 Å². The lowest BCUT2D eigenvalue weighted by Crippen LogP contribution is -2.26. The van der Waals surface area contributed by atoms with Crippen molar-refractivity contribution in [1.82, 2.24) is 10.1 Å². The monoisotopic (exact) mass is 257 g/mol. The van der Waals surface area contributed by atoms with E-state index in [0.717, 1.165) is 18.7 Å². The average molecular weight is 257 g/mol. The molecule has 0 fully saturated rings. The Morgan fingerprint density at radius 1 is 1.26 bits per heavy atom. The number of aryl methyl sites for hydroxylation is 1. The fourth-order valence-corrected chi connectivity index (χ4v) is 2.57. The van der Waals surface area contributed by atoms with Crippen LogP contribution in [0.4, 0.5) is 6.01 Å². The quantitative estimate of drug-likeness (QED) is 0.896. The highest BCUT2D eigenvalue weighted by molar-refractivity contribution is 5.39. The molecule has 1 aliphatic rings. The Morgan fingerprint density at radius 3 is 2.84 bits per heavy atom. The largest absolute Gasteiger partial charge is 0.333 e. The van der Waals surface area contributed by atoms with Gasteiger partial charge >= 0.3 is 6.01 Å². The van der Waals surface area contributed by atoms with Crippen LogP contribution in [0, 0.1) is 0 Å². The summed E-state index contributed by atoms with van der Waals surface area (Å²) in [6, 6.07) is 9.02. The van der Waals surface area contributed by atoms with Crippen molar-refractivity contribution in [3.63, 3.8) is 0 Å². The van der Waals surface area contributed by atoms with Crippen molar-refractivity contribution < 1.29 is 4.52 Å². The van der Waals surface area contributed by atoms with E-state index in [0.29, 0.717) is 6.01 Å². The summed E-state index contributed by atoms with van der Waals surface area (Å²) in [5.41, 5.74) is 2.67. The standard InChI is InChI=1S/C15H19N3O/c1-15(2,3)17-14-16-13(18-19-14)12-9-8-10-6-4-5-7-11(10)12/h4-7,12H,8-9H2,1-3H3,(H,16,17,18). The molecule has 0 spiro atoms. The van der Waals surface area contributed by atoms with Gasteiger partial charge in [-0.2, -0.15) is 4.98 Å². The van der Waals surface area contributed by atoms with E-state index in [1.54, 1.807) is 0 Å². The number of aromatic nitrogens is 2. The summed E-state index contributed by atoms with van der Waals surface area (Å²) in [6.45, 7) is 6.21. The van der Waals surface area contributed by atoms with Gasteiger partial charge in [-0.3, -0.25) is 0 Å². The van der Waals surface area contributed by atoms with Gasteiger partial charge in [-0.15, -0.1) is 0 Å². The van der Waals surface area contributed by atoms with Gasteiger partial charge in [0.1, 0.15) is 0 Å². The lowest BCUT2D eigenvalue weighted by molar-refractivity contribution is 0.409. The number of nitrogens with zero attached hydrogens (tertiary/aromatic N) is 2. The molecule has 3 rings (SSSR count). The zero-order chi connectivity index (χ0) is 13.5. The summed E-state index contributed by atoms with van der Waals surface area (Å²) >= 11 is 0. The first-order chi connectivity index (χ1) is 9.03. The molecule has 0 aliphatic heterocycles. The molecule has 0 bridgehead atoms. The molecular weight excluding hydrogens is 238 g/mol. The summed E-state index contributed by atoms with van der Waals surface area (Å²) in [4.78, 5) is 4.49. The van der Waals surface area contributed by atoms with Crippen LogP contribution in [-0.4, -0.2) is 15.7 Å². The average Bonchev–Trinajstić information content (AvgIpc) is 2.92. The van der Waals surface area contributed by atoms with E-state index in [1.807, 2.05) is 0 Å². The van der Waals surface area contributed by atoms with E-state index in [1.165, 1.54) is 11.1 Å². The molecule has 1 aromatic carbocycles. The second-order valence-electron chi connectivity index (χ2n) is 6.12. The molecule has 4 heteroatoms. The number of hydrogen-bond acceptors (Lipinski definition) is 4. The number of benzene rings is 1. The Labute approximate surface area is 113 Å². The first-order valence-corrected chi connectivity index (χ1v) is 6.72. The summed E-state index contributed by atoms with van der Waals surface area (Å²) in [7, 11) is 0. The molecule has 0 amide bonds. The number of fused-ring (bicyclic) bond motifs is 1. The van der Waals surface area contributed by atoms with Crippen LogP contribution in [0.2, 0.25) is 0 Å². The molecule has 1 aliphatic carbocycles. The molecule has 2 aromatic rings. The maximum Gasteiger partial charge on any atom is 0.321 e. The van der Waals surface area contributed by atoms with Crippen LogP contribution in [0.1, 0.15) is 50.1 Å². The van der Waals surface area contributed by atoms with Gasteiger partial charge < -0.3 is 9.84 Å². The summed E-state index contributed by atoms with van der Waals surface area (Å²) in [5.74, 6) is 1.06. The molecule has 0 saturated carbocycles. The van der Waals surface area contributed by atoms with Gasteiger partial charge in [0.25, 0.3) is 0 Å². The van der Waals surface area contributed by atoms with Crippen LogP contribution >= 0.6 is 0 Å². The second kappa shape index (κ2) is 4.37. The van der Waals surface area contributed by atoms with Crippen LogP contribution in [-0.2, 0) is 6.42 Å². The zero-order valence-electron chi connectivity index (χ0n) is 11.6. The highest BCUT2D eigenvalue weighted by atomic mass is 16.5. The van der Waals surface area contributed by atoms with Crippen molar-refractivity contribution in [3.05, 3.63) is 41.2 Å². The Balaban J connectivity index is 1.85. The molecule has 100 valence electrons. The van der Waals surface area contributed by atoms with E-state index < -0.39 is 0 Å². The predicted octanol–water partition coefficient (Wildman–Crippen LogP) is 3.36. The molecular formula is C15H19N3O. The predicted molar refractivity (Wildman–Crippen MR) is 74.3 cm³/mol. The SMILES string of the molecule is CC(C)(C)Nc1nc(C2CCc3ccccc32)no1. The third-order valence-corrected chi connectivity index (χ3v) is 3.37. The summed E-state index contributed by atoms with van der Waals surface area (Å²) in [5, 5.41) is 7.34. The molecule has 0 saturated heterocycles. The van der Waals surface area contributed by atoms with Crippen molar-refractivity contribution in [3.8, 4) is 0 Å². The molecule has 4 nitrogen and oxygen atoms in total. The topological polar surface area (TPSA) is 51.0 Å². The van der Waals surface area contributed by atoms with E-state index in [9.17, 15) is 0 Å². The molecule has 0 radical (unpaired) electrons. The fourth-order valence-electron chi connectivity index (χ4n) is 2.57. The van der Waals surface area contributed by atoms with Gasteiger partial charge in [-0.05, 0) is 44.7 Å². The van der Waals surface area contributed by atoms with Crippen molar-refractivity contribution >= 4 is 6.01 Å². The van der Waals surface area contributed by atoms with Gasteiger partial charge in [-0.25, -0.2) is 0 Å². The maximum absolute atomic E-state index is 5.30. The third kappa shape index (κ3) is 2.48. The van der Waals surface area contributed by atoms with Gasteiger partial charge in [0.15, 0.2) is 5.82 Å². The van der Waals surface area contributed by atoms with Crippen LogP contribution in [0.25, 0.3) is 0 Å². The Kier molecular flexibility index (Phi) is 2.81. The van der Waals surface area contributed by atoms with E-state index in [-0.39, 0.29) is 11.5 Å². The minimum Gasteiger partial charge on any atom is -0.333 e. The number of anilines is 1. The van der Waals surface area contributed by atoms with Crippen molar-refractivity contribution in [2.75, 3.05) is 5.32 Å². The molecule has 1 atom stereocenters. The van der Waals surface area contributed by atoms with E-state index in [4.69, 9.17) is 4.52 Å². The lowest BCUT2D eigenvalue weighted by atomic mass is 10.0. The first-order valence-electron chi connectivity index (χ1n) is 6.72. The molecule has 1 N–H and O–H groups in total. The Hall–Kier alpha value is -1.84. The van der Waals surface area contributed by atoms with Crippen molar-refractivity contribution in [2.24, 2.45) is 0 Å². The van der Waals surface area contributed by atoms with Crippen LogP contribution in [0.5, 0.6) is 0 Å². The van der Waals surface area contributed by atoms with E-state index in [2.05, 4.69) is 60.5 Å². The van der Waals surface area contributed by atoms with Crippen LogP contribution in [0.3, 0.4) is 0 Å². The van der Waals surface area contributed by atoms with Gasteiger partial charge in [0.2, 0.25) is 0 Å². The Morgan fingerprint density at radius 2 is 2.05 bits per heavy atom. The van der Waals surface area contributed by atoms with Crippen molar-refractivity contribution in [2.45, 2.75) is 45.1 Å². The second-order valence-corrected chi connectivity index (χ2v) is 6.12. The number of nitrogens with one attached hydrogen (secondary N) is 1. The summed E-state index contributed by atoms with van der Waals surface area (Å²) in [6.07, 6.45) is 2.16. The van der Waals surface area contributed by atoms with Gasteiger partial charge in [-0.1, -0.05) is 29.4 Å². The highest BCUT2D eigenvalue weighted by Crippen LogP contribution is 2.36. The molecule has 19 heavy (non-hydrogen) atoms. The maximum atomic E-state index is 5.30. The van der Waals surface area contributed by atoms with Gasteiger partial charge in [0, 0.05) is 11.5 Å². The smallest absolute Gasteiger partial charge is 0.321 e. The normalized spacial score (nSPS) is 18.4. The van der Waals surface area contributed by atoms with Crippen molar-refractivity contribution in [1.29, 1.82) is 0 Å². The zero-order valence-corrected chi connectivity index (χ0v) is 11.6. The van der Waals surface area contributed by atoms with E-state index >= 15 is 0 Å².